The number of hydrogen-bond acceptors (Lipinski definition) is 4. The molecule has 0 saturated carbocycles. The third kappa shape index (κ3) is 6.34. The molecular weight excluding hydrogens is 376 g/mol. The van der Waals surface area contributed by atoms with Crippen molar-refractivity contribution in [2.24, 2.45) is 0 Å². The molecule has 5 nitrogen and oxygen atoms in total. The predicted octanol–water partition coefficient (Wildman–Crippen LogP) is 4.87. The number of benzene rings is 2. The van der Waals surface area contributed by atoms with Gasteiger partial charge in [0.1, 0.15) is 0 Å². The fraction of sp³-hybridized carbons (Fsp3) is 0.409. The zero-order valence-electron chi connectivity index (χ0n) is 17.4. The molecule has 6 heteroatoms. The number of ether oxygens (including phenoxy) is 2. The maximum absolute atomic E-state index is 12.0. The lowest BCUT2D eigenvalue weighted by atomic mass is 10.1. The van der Waals surface area contributed by atoms with E-state index in [1.807, 2.05) is 32.9 Å². The van der Waals surface area contributed by atoms with Crippen LogP contribution in [0.1, 0.15) is 37.5 Å². The Kier molecular flexibility index (Phi) is 7.19. The van der Waals surface area contributed by atoms with Gasteiger partial charge in [-0.25, -0.2) is 0 Å². The van der Waals surface area contributed by atoms with Gasteiger partial charge < -0.3 is 20.1 Å². The van der Waals surface area contributed by atoms with Crippen LogP contribution in [0.2, 0.25) is 5.02 Å². The first-order valence-corrected chi connectivity index (χ1v) is 9.58. The van der Waals surface area contributed by atoms with Crippen LogP contribution in [0.5, 0.6) is 11.5 Å². The Bertz CT molecular complexity index is 844. The zero-order chi connectivity index (χ0) is 20.9. The highest BCUT2D eigenvalue weighted by Crippen LogP contribution is 2.34. The quantitative estimate of drug-likeness (QED) is 0.691. The topological polar surface area (TPSA) is 59.6 Å². The lowest BCUT2D eigenvalue weighted by molar-refractivity contribution is -0.124. The third-order valence-electron chi connectivity index (χ3n) is 4.20. The Morgan fingerprint density at radius 1 is 1.07 bits per heavy atom. The van der Waals surface area contributed by atoms with Gasteiger partial charge in [0.2, 0.25) is 0 Å². The summed E-state index contributed by atoms with van der Waals surface area (Å²) in [6.45, 7) is 10.4. The van der Waals surface area contributed by atoms with Crippen molar-refractivity contribution < 1.29 is 14.3 Å². The molecule has 2 aromatic rings. The second-order valence-corrected chi connectivity index (χ2v) is 8.24. The van der Waals surface area contributed by atoms with Gasteiger partial charge in [-0.3, -0.25) is 4.79 Å². The maximum atomic E-state index is 12.0. The van der Waals surface area contributed by atoms with Crippen molar-refractivity contribution in [3.05, 3.63) is 52.0 Å². The Morgan fingerprint density at radius 2 is 1.79 bits per heavy atom. The number of nitrogens with one attached hydrogen (secondary N) is 2. The van der Waals surface area contributed by atoms with Gasteiger partial charge >= 0.3 is 0 Å². The smallest absolute Gasteiger partial charge is 0.258 e. The molecule has 2 aromatic carbocycles. The van der Waals surface area contributed by atoms with Crippen LogP contribution in [0, 0.1) is 13.8 Å². The van der Waals surface area contributed by atoms with E-state index in [-0.39, 0.29) is 18.1 Å². The first kappa shape index (κ1) is 21.9. The van der Waals surface area contributed by atoms with Crippen molar-refractivity contribution in [3.63, 3.8) is 0 Å². The average Bonchev–Trinajstić information content (AvgIpc) is 2.60. The van der Waals surface area contributed by atoms with Crippen LogP contribution in [0.3, 0.4) is 0 Å². The highest BCUT2D eigenvalue weighted by Gasteiger charge is 2.16. The van der Waals surface area contributed by atoms with E-state index in [1.165, 1.54) is 11.1 Å². The molecule has 0 aliphatic rings. The largest absolute Gasteiger partial charge is 0.493 e. The number of methoxy groups -OCH3 is 1. The fourth-order valence-electron chi connectivity index (χ4n) is 2.63. The minimum Gasteiger partial charge on any atom is -0.493 e. The van der Waals surface area contributed by atoms with E-state index >= 15 is 0 Å². The predicted molar refractivity (Wildman–Crippen MR) is 115 cm³/mol. The molecule has 0 saturated heterocycles. The first-order valence-electron chi connectivity index (χ1n) is 9.20. The highest BCUT2D eigenvalue weighted by atomic mass is 35.5. The third-order valence-corrected chi connectivity index (χ3v) is 4.55. The van der Waals surface area contributed by atoms with E-state index in [0.29, 0.717) is 23.1 Å². The average molecular weight is 405 g/mol. The standard InChI is InChI=1S/C22H29ClN2O3/c1-14-7-8-17(9-15(14)2)24-12-16-10-19(27-6)20(11-18(16)23)28-13-21(26)25-22(3,4)5/h7-11,24H,12-13H2,1-6H3,(H,25,26). The number of aryl methyl sites for hydroxylation is 2. The van der Waals surface area contributed by atoms with Crippen molar-refractivity contribution in [2.45, 2.75) is 46.7 Å². The Hall–Kier alpha value is -2.40. The van der Waals surface area contributed by atoms with E-state index in [2.05, 4.69) is 36.6 Å². The van der Waals surface area contributed by atoms with E-state index in [1.54, 1.807) is 13.2 Å². The molecule has 0 radical (unpaired) electrons. The number of anilines is 1. The Morgan fingerprint density at radius 3 is 2.39 bits per heavy atom. The summed E-state index contributed by atoms with van der Waals surface area (Å²) >= 11 is 6.43. The van der Waals surface area contributed by atoms with E-state index in [0.717, 1.165) is 11.3 Å². The molecule has 28 heavy (non-hydrogen) atoms. The highest BCUT2D eigenvalue weighted by molar-refractivity contribution is 6.31. The second kappa shape index (κ2) is 9.20. The van der Waals surface area contributed by atoms with E-state index in [9.17, 15) is 4.79 Å². The SMILES string of the molecule is COc1cc(CNc2ccc(C)c(C)c2)c(Cl)cc1OCC(=O)NC(C)(C)C. The molecule has 2 rings (SSSR count). The number of carbonyl (C=O) groups excluding carboxylic acids is 1. The van der Waals surface area contributed by atoms with Gasteiger partial charge in [0.25, 0.3) is 5.91 Å². The number of amides is 1. The molecule has 0 aliphatic heterocycles. The summed E-state index contributed by atoms with van der Waals surface area (Å²) in [5.41, 5.74) is 4.07. The molecule has 0 bridgehead atoms. The van der Waals surface area contributed by atoms with Crippen LogP contribution in [0.25, 0.3) is 0 Å². The first-order chi connectivity index (χ1) is 13.1. The van der Waals surface area contributed by atoms with Crippen LogP contribution >= 0.6 is 11.6 Å². The molecular formula is C22H29ClN2O3. The number of carbonyl (C=O) groups is 1. The summed E-state index contributed by atoms with van der Waals surface area (Å²) in [5.74, 6) is 0.766. The van der Waals surface area contributed by atoms with E-state index < -0.39 is 0 Å². The molecule has 1 amide bonds. The van der Waals surface area contributed by atoms with E-state index in [4.69, 9.17) is 21.1 Å². The van der Waals surface area contributed by atoms with Crippen LogP contribution in [-0.4, -0.2) is 25.2 Å². The van der Waals surface area contributed by atoms with Gasteiger partial charge in [-0.2, -0.15) is 0 Å². The molecule has 0 atom stereocenters. The molecule has 0 unspecified atom stereocenters. The number of rotatable bonds is 7. The number of hydrogen-bond donors (Lipinski definition) is 2. The van der Waals surface area contributed by atoms with Crippen LogP contribution < -0.4 is 20.1 Å². The van der Waals surface area contributed by atoms with Crippen molar-refractivity contribution in [1.29, 1.82) is 0 Å². The molecule has 0 heterocycles. The normalized spacial score (nSPS) is 11.1. The number of halogens is 1. The van der Waals surface area contributed by atoms with Crippen molar-refractivity contribution in [2.75, 3.05) is 19.0 Å². The van der Waals surface area contributed by atoms with Gasteiger partial charge in [0.05, 0.1) is 7.11 Å². The van der Waals surface area contributed by atoms with Gasteiger partial charge in [0, 0.05) is 28.9 Å². The molecule has 0 aliphatic carbocycles. The lowest BCUT2D eigenvalue weighted by Crippen LogP contribution is -2.43. The van der Waals surface area contributed by atoms with Crippen LogP contribution in [-0.2, 0) is 11.3 Å². The monoisotopic (exact) mass is 404 g/mol. The summed E-state index contributed by atoms with van der Waals surface area (Å²) in [6, 6.07) is 9.74. The second-order valence-electron chi connectivity index (χ2n) is 7.83. The molecule has 0 fully saturated rings. The molecule has 152 valence electrons. The minimum absolute atomic E-state index is 0.107. The maximum Gasteiger partial charge on any atom is 0.258 e. The van der Waals surface area contributed by atoms with Crippen molar-refractivity contribution >= 4 is 23.2 Å². The zero-order valence-corrected chi connectivity index (χ0v) is 18.2. The minimum atomic E-state index is -0.313. The summed E-state index contributed by atoms with van der Waals surface area (Å²) in [6.07, 6.45) is 0. The van der Waals surface area contributed by atoms with Crippen molar-refractivity contribution in [1.82, 2.24) is 5.32 Å². The Labute approximate surface area is 172 Å². The van der Waals surface area contributed by atoms with Crippen LogP contribution in [0.15, 0.2) is 30.3 Å². The van der Waals surface area contributed by atoms with Crippen LogP contribution in [0.4, 0.5) is 5.69 Å². The summed E-state index contributed by atoms with van der Waals surface area (Å²) in [7, 11) is 1.56. The van der Waals surface area contributed by atoms with Gasteiger partial charge in [-0.15, -0.1) is 0 Å². The fourth-order valence-corrected chi connectivity index (χ4v) is 2.85. The summed E-state index contributed by atoms with van der Waals surface area (Å²) in [4.78, 5) is 12.0. The molecule has 2 N–H and O–H groups in total. The molecule has 0 spiro atoms. The van der Waals surface area contributed by atoms with Gasteiger partial charge in [0.15, 0.2) is 18.1 Å². The summed E-state index contributed by atoms with van der Waals surface area (Å²) in [5, 5.41) is 6.77. The van der Waals surface area contributed by atoms with Gasteiger partial charge in [-0.1, -0.05) is 17.7 Å². The lowest BCUT2D eigenvalue weighted by Gasteiger charge is -2.21. The van der Waals surface area contributed by atoms with Gasteiger partial charge in [-0.05, 0) is 69.5 Å². The Balaban J connectivity index is 2.07. The molecule has 0 aromatic heterocycles. The summed E-state index contributed by atoms with van der Waals surface area (Å²) < 4.78 is 11.0. The van der Waals surface area contributed by atoms with Crippen molar-refractivity contribution in [3.8, 4) is 11.5 Å².